The SMILES string of the molecule is O=c1c(CN(Cc2ccccc2F)C2CCCN(c3ccc([N+](=O)[O-])nc3)C2)cn2c3c(c(F)c(F)cc13)OCC2. The molecule has 2 aliphatic heterocycles. The van der Waals surface area contributed by atoms with E-state index in [4.69, 9.17) is 4.74 Å². The summed E-state index contributed by atoms with van der Waals surface area (Å²) in [4.78, 5) is 32.1. The number of aromatic nitrogens is 2. The summed E-state index contributed by atoms with van der Waals surface area (Å²) in [6, 6.07) is 10.3. The van der Waals surface area contributed by atoms with Crippen molar-refractivity contribution >= 4 is 22.4 Å². The Morgan fingerprint density at radius 3 is 2.63 bits per heavy atom. The first-order valence-electron chi connectivity index (χ1n) is 13.3. The molecule has 2 aromatic heterocycles. The molecule has 1 fully saturated rings. The van der Waals surface area contributed by atoms with E-state index in [1.807, 2.05) is 4.90 Å². The lowest BCUT2D eigenvalue weighted by Gasteiger charge is -2.40. The highest BCUT2D eigenvalue weighted by atomic mass is 19.2. The Balaban J connectivity index is 1.36. The van der Waals surface area contributed by atoms with Crippen LogP contribution in [0.1, 0.15) is 24.0 Å². The first kappa shape index (κ1) is 26.8. The molecule has 2 aliphatic rings. The predicted molar refractivity (Wildman–Crippen MR) is 145 cm³/mol. The molecule has 4 aromatic rings. The number of ether oxygens (including phenoxy) is 1. The number of hydrogen-bond acceptors (Lipinski definition) is 7. The Morgan fingerprint density at radius 2 is 1.88 bits per heavy atom. The lowest BCUT2D eigenvalue weighted by molar-refractivity contribution is -0.389. The van der Waals surface area contributed by atoms with Gasteiger partial charge in [0.05, 0.1) is 23.1 Å². The van der Waals surface area contributed by atoms with Crippen molar-refractivity contribution in [2.75, 3.05) is 24.6 Å². The van der Waals surface area contributed by atoms with E-state index in [1.54, 1.807) is 35.0 Å². The molecule has 9 nitrogen and oxygen atoms in total. The number of nitro groups is 1. The Kier molecular flexibility index (Phi) is 7.08. The Morgan fingerprint density at radius 1 is 1.07 bits per heavy atom. The fourth-order valence-corrected chi connectivity index (χ4v) is 5.74. The van der Waals surface area contributed by atoms with Gasteiger partial charge in [0.2, 0.25) is 5.82 Å². The quantitative estimate of drug-likeness (QED) is 0.235. The van der Waals surface area contributed by atoms with Crippen LogP contribution < -0.4 is 15.1 Å². The van der Waals surface area contributed by atoms with E-state index in [1.165, 1.54) is 18.3 Å². The normalized spacial score (nSPS) is 16.7. The molecule has 0 bridgehead atoms. The van der Waals surface area contributed by atoms with Gasteiger partial charge >= 0.3 is 5.82 Å². The molecule has 41 heavy (non-hydrogen) atoms. The summed E-state index contributed by atoms with van der Waals surface area (Å²) in [5.41, 5.74) is 1.35. The van der Waals surface area contributed by atoms with E-state index in [0.29, 0.717) is 30.8 Å². The lowest BCUT2D eigenvalue weighted by Crippen LogP contribution is -2.48. The van der Waals surface area contributed by atoms with Gasteiger partial charge in [-0.2, -0.15) is 4.39 Å². The number of nitrogens with zero attached hydrogens (tertiary/aromatic N) is 5. The van der Waals surface area contributed by atoms with E-state index in [9.17, 15) is 28.1 Å². The van der Waals surface area contributed by atoms with E-state index < -0.39 is 22.0 Å². The van der Waals surface area contributed by atoms with Crippen molar-refractivity contribution < 1.29 is 22.8 Å². The predicted octanol–water partition coefficient (Wildman–Crippen LogP) is 4.79. The van der Waals surface area contributed by atoms with Crippen LogP contribution in [0.5, 0.6) is 5.75 Å². The summed E-state index contributed by atoms with van der Waals surface area (Å²) >= 11 is 0. The molecule has 0 spiro atoms. The molecular formula is C29H26F3N5O4. The van der Waals surface area contributed by atoms with Crippen molar-refractivity contribution in [3.05, 3.63) is 104 Å². The number of rotatable bonds is 7. The molecule has 0 amide bonds. The largest absolute Gasteiger partial charge is 0.486 e. The second-order valence-electron chi connectivity index (χ2n) is 10.3. The third-order valence-electron chi connectivity index (χ3n) is 7.77. The summed E-state index contributed by atoms with van der Waals surface area (Å²) < 4.78 is 50.7. The van der Waals surface area contributed by atoms with Crippen LogP contribution in [0.4, 0.5) is 24.7 Å². The van der Waals surface area contributed by atoms with Crippen LogP contribution in [0.2, 0.25) is 0 Å². The van der Waals surface area contributed by atoms with Crippen LogP contribution in [-0.2, 0) is 19.6 Å². The van der Waals surface area contributed by atoms with Crippen molar-refractivity contribution in [3.8, 4) is 5.75 Å². The molecule has 1 unspecified atom stereocenters. The molecule has 12 heteroatoms. The van der Waals surface area contributed by atoms with Gasteiger partial charge in [-0.3, -0.25) is 9.69 Å². The highest BCUT2D eigenvalue weighted by Crippen LogP contribution is 2.33. The second-order valence-corrected chi connectivity index (χ2v) is 10.3. The molecule has 4 heterocycles. The van der Waals surface area contributed by atoms with Gasteiger partial charge in [-0.15, -0.1) is 0 Å². The lowest BCUT2D eigenvalue weighted by atomic mass is 10.0. The average molecular weight is 566 g/mol. The molecular weight excluding hydrogens is 539 g/mol. The van der Waals surface area contributed by atoms with Crippen LogP contribution in [0.25, 0.3) is 10.9 Å². The minimum atomic E-state index is -1.15. The molecule has 2 aromatic carbocycles. The molecule has 1 atom stereocenters. The minimum Gasteiger partial charge on any atom is -0.486 e. The molecule has 0 aliphatic carbocycles. The number of piperidine rings is 1. The zero-order chi connectivity index (χ0) is 28.7. The van der Waals surface area contributed by atoms with Crippen LogP contribution >= 0.6 is 0 Å². The highest BCUT2D eigenvalue weighted by molar-refractivity contribution is 5.86. The molecule has 6 rings (SSSR count). The van der Waals surface area contributed by atoms with Gasteiger partial charge in [-0.05, 0) is 40.9 Å². The second kappa shape index (κ2) is 10.8. The summed E-state index contributed by atoms with van der Waals surface area (Å²) in [7, 11) is 0. The minimum absolute atomic E-state index is 0.0316. The van der Waals surface area contributed by atoms with Gasteiger partial charge < -0.3 is 24.3 Å². The van der Waals surface area contributed by atoms with Gasteiger partial charge in [-0.1, -0.05) is 18.2 Å². The van der Waals surface area contributed by atoms with Crippen LogP contribution in [0.3, 0.4) is 0 Å². The molecule has 0 N–H and O–H groups in total. The topological polar surface area (TPSA) is 93.7 Å². The Bertz CT molecular complexity index is 1700. The smallest absolute Gasteiger partial charge is 0.363 e. The van der Waals surface area contributed by atoms with E-state index in [-0.39, 0.29) is 54.0 Å². The van der Waals surface area contributed by atoms with Crippen molar-refractivity contribution in [2.45, 2.75) is 38.5 Å². The van der Waals surface area contributed by atoms with Gasteiger partial charge in [0.25, 0.3) is 0 Å². The van der Waals surface area contributed by atoms with E-state index in [2.05, 4.69) is 9.88 Å². The van der Waals surface area contributed by atoms with Crippen molar-refractivity contribution in [1.29, 1.82) is 0 Å². The maximum Gasteiger partial charge on any atom is 0.363 e. The van der Waals surface area contributed by atoms with E-state index >= 15 is 0 Å². The highest BCUT2D eigenvalue weighted by Gasteiger charge is 2.29. The van der Waals surface area contributed by atoms with E-state index in [0.717, 1.165) is 24.6 Å². The molecule has 1 saturated heterocycles. The van der Waals surface area contributed by atoms with Crippen LogP contribution in [-0.4, -0.2) is 45.1 Å². The number of hydrogen-bond donors (Lipinski definition) is 0. The van der Waals surface area contributed by atoms with Crippen LogP contribution in [0, 0.1) is 27.6 Å². The third kappa shape index (κ3) is 5.10. The summed E-state index contributed by atoms with van der Waals surface area (Å²) in [6.07, 6.45) is 4.69. The zero-order valence-corrected chi connectivity index (χ0v) is 21.9. The van der Waals surface area contributed by atoms with Crippen molar-refractivity contribution in [2.24, 2.45) is 0 Å². The standard InChI is InChI=1S/C29H26F3N5O4/c30-23-6-2-1-4-18(23)14-36(21-5-3-9-34(17-21)20-7-8-25(33-13-20)37(39)40)16-19-15-35-10-11-41-29-26(32)24(31)12-22(27(29)35)28(19)38/h1-2,4,6-8,12-13,15,21H,3,5,9-11,14,16-17H2. The average Bonchev–Trinajstić information content (AvgIpc) is 2.98. The van der Waals surface area contributed by atoms with Crippen molar-refractivity contribution in [1.82, 2.24) is 14.5 Å². The third-order valence-corrected chi connectivity index (χ3v) is 7.77. The maximum atomic E-state index is 14.8. The molecule has 0 radical (unpaired) electrons. The zero-order valence-electron chi connectivity index (χ0n) is 21.9. The number of anilines is 1. The molecule has 0 saturated carbocycles. The summed E-state index contributed by atoms with van der Waals surface area (Å²) in [6.45, 7) is 2.08. The summed E-state index contributed by atoms with van der Waals surface area (Å²) in [5, 5.41) is 11.1. The fraction of sp³-hybridized carbons (Fsp3) is 0.310. The summed E-state index contributed by atoms with van der Waals surface area (Å²) in [5.74, 6) is -3.15. The number of pyridine rings is 2. The number of halogens is 3. The van der Waals surface area contributed by atoms with Gasteiger partial charge in [-0.25, -0.2) is 8.78 Å². The van der Waals surface area contributed by atoms with Crippen LogP contribution in [0.15, 0.2) is 59.7 Å². The van der Waals surface area contributed by atoms with Crippen molar-refractivity contribution in [3.63, 3.8) is 0 Å². The van der Waals surface area contributed by atoms with Gasteiger partial charge in [0.15, 0.2) is 23.2 Å². The monoisotopic (exact) mass is 565 g/mol. The first-order chi connectivity index (χ1) is 19.8. The number of benzene rings is 2. The Hall–Kier alpha value is -4.45. The first-order valence-corrected chi connectivity index (χ1v) is 13.3. The maximum absolute atomic E-state index is 14.8. The molecule has 212 valence electrons. The van der Waals surface area contributed by atoms with Gasteiger partial charge in [0.1, 0.15) is 12.4 Å². The fourth-order valence-electron chi connectivity index (χ4n) is 5.74. The Labute approximate surface area is 232 Å². The van der Waals surface area contributed by atoms with Gasteiger partial charge in [0, 0.05) is 55.6 Å².